The number of nitrogens with one attached hydrogen (secondary N) is 1. The molecule has 0 spiro atoms. The van der Waals surface area contributed by atoms with Gasteiger partial charge in [0, 0.05) is 32.1 Å². The molecule has 1 atom stereocenters. The number of fused-ring (bicyclic) bond motifs is 1. The normalized spacial score (nSPS) is 21.0. The number of amides is 1. The number of imidazole rings is 1. The summed E-state index contributed by atoms with van der Waals surface area (Å²) in [4.78, 5) is 23.4. The number of nitrogens with zero attached hydrogens (tertiary/aromatic N) is 4. The molecule has 10 heteroatoms. The van der Waals surface area contributed by atoms with Crippen molar-refractivity contribution in [2.45, 2.75) is 50.3 Å². The highest BCUT2D eigenvalue weighted by Crippen LogP contribution is 2.31. The molecule has 2 saturated heterocycles. The van der Waals surface area contributed by atoms with Crippen LogP contribution in [0.5, 0.6) is 0 Å². The monoisotopic (exact) mass is 471 g/mol. The minimum Gasteiger partial charge on any atom is -0.360 e. The summed E-state index contributed by atoms with van der Waals surface area (Å²) in [6.45, 7) is 5.16. The minimum atomic E-state index is -3.74. The number of rotatable bonds is 4. The van der Waals surface area contributed by atoms with E-state index in [0.717, 1.165) is 29.7 Å². The molecule has 9 nitrogen and oxygen atoms in total. The summed E-state index contributed by atoms with van der Waals surface area (Å²) in [7, 11) is -3.74. The molecule has 0 bridgehead atoms. The topological polar surface area (TPSA) is 112 Å². The number of aryl methyl sites for hydroxylation is 2. The Morgan fingerprint density at radius 1 is 1.12 bits per heavy atom. The van der Waals surface area contributed by atoms with Crippen LogP contribution in [0.4, 0.5) is 0 Å². The molecule has 176 valence electrons. The van der Waals surface area contributed by atoms with E-state index in [1.54, 1.807) is 13.8 Å². The van der Waals surface area contributed by atoms with Gasteiger partial charge in [0.25, 0.3) is 0 Å². The van der Waals surface area contributed by atoms with Gasteiger partial charge >= 0.3 is 0 Å². The average molecular weight is 472 g/mol. The Morgan fingerprint density at radius 3 is 2.58 bits per heavy atom. The van der Waals surface area contributed by atoms with Crippen molar-refractivity contribution in [1.82, 2.24) is 24.3 Å². The Morgan fingerprint density at radius 2 is 1.88 bits per heavy atom. The number of aromatic nitrogens is 3. The van der Waals surface area contributed by atoms with E-state index in [0.29, 0.717) is 44.1 Å². The highest BCUT2D eigenvalue weighted by Gasteiger charge is 2.38. The van der Waals surface area contributed by atoms with Gasteiger partial charge in [-0.15, -0.1) is 0 Å². The Labute approximate surface area is 193 Å². The molecule has 0 saturated carbocycles. The van der Waals surface area contributed by atoms with Gasteiger partial charge in [-0.25, -0.2) is 13.4 Å². The van der Waals surface area contributed by atoms with Crippen LogP contribution in [0.3, 0.4) is 0 Å². The second-order valence-corrected chi connectivity index (χ2v) is 11.0. The second kappa shape index (κ2) is 8.57. The molecule has 3 aromatic rings. The Balaban J connectivity index is 1.24. The fourth-order valence-electron chi connectivity index (χ4n) is 5.13. The third-order valence-corrected chi connectivity index (χ3v) is 9.01. The summed E-state index contributed by atoms with van der Waals surface area (Å²) in [6.07, 6.45) is 3.06. The molecule has 1 amide bonds. The molecule has 0 aliphatic carbocycles. The van der Waals surface area contributed by atoms with Gasteiger partial charge in [0.15, 0.2) is 5.76 Å². The molecule has 1 unspecified atom stereocenters. The maximum Gasteiger partial charge on any atom is 0.248 e. The summed E-state index contributed by atoms with van der Waals surface area (Å²) in [5.74, 6) is 1.30. The highest BCUT2D eigenvalue weighted by molar-refractivity contribution is 7.89. The standard InChI is InChI=1S/C23H29N5O4S/c1-15-21(16(2)32-26-15)33(30,31)28-11-5-6-18(14-28)23(29)27-12-9-17(10-13-27)22-24-19-7-3-4-8-20(19)25-22/h3-4,7-8,17-18H,5-6,9-14H2,1-2H3,(H,24,25). The number of para-hydroxylation sites is 2. The Kier molecular flexibility index (Phi) is 5.74. The van der Waals surface area contributed by atoms with Gasteiger partial charge in [0.1, 0.15) is 16.4 Å². The van der Waals surface area contributed by atoms with E-state index in [4.69, 9.17) is 9.51 Å². The predicted octanol–water partition coefficient (Wildman–Crippen LogP) is 2.97. The smallest absolute Gasteiger partial charge is 0.248 e. The quantitative estimate of drug-likeness (QED) is 0.626. The number of benzene rings is 1. The van der Waals surface area contributed by atoms with Crippen LogP contribution in [-0.4, -0.2) is 64.8 Å². The summed E-state index contributed by atoms with van der Waals surface area (Å²) in [6, 6.07) is 7.99. The third kappa shape index (κ3) is 4.06. The number of H-pyrrole nitrogens is 1. The van der Waals surface area contributed by atoms with E-state index in [1.807, 2.05) is 29.2 Å². The molecule has 2 aliphatic rings. The maximum atomic E-state index is 13.3. The van der Waals surface area contributed by atoms with Crippen molar-refractivity contribution in [3.05, 3.63) is 41.5 Å². The number of hydrogen-bond acceptors (Lipinski definition) is 6. The largest absolute Gasteiger partial charge is 0.360 e. The van der Waals surface area contributed by atoms with Crippen LogP contribution in [0.1, 0.15) is 48.9 Å². The van der Waals surface area contributed by atoms with Gasteiger partial charge in [-0.05, 0) is 51.7 Å². The van der Waals surface area contributed by atoms with Crippen LogP contribution < -0.4 is 0 Å². The lowest BCUT2D eigenvalue weighted by Gasteiger charge is -2.37. The van der Waals surface area contributed by atoms with Crippen molar-refractivity contribution < 1.29 is 17.7 Å². The van der Waals surface area contributed by atoms with Crippen molar-refractivity contribution in [1.29, 1.82) is 0 Å². The number of carbonyl (C=O) groups excluding carboxylic acids is 1. The van der Waals surface area contributed by atoms with E-state index in [2.05, 4.69) is 10.1 Å². The van der Waals surface area contributed by atoms with Crippen LogP contribution in [0.15, 0.2) is 33.7 Å². The third-order valence-electron chi connectivity index (χ3n) is 6.90. The summed E-state index contributed by atoms with van der Waals surface area (Å²) >= 11 is 0. The number of carbonyl (C=O) groups is 1. The first-order valence-electron chi connectivity index (χ1n) is 11.5. The number of piperidine rings is 2. The van der Waals surface area contributed by atoms with Gasteiger partial charge in [-0.3, -0.25) is 4.79 Å². The minimum absolute atomic E-state index is 0.0525. The van der Waals surface area contributed by atoms with Gasteiger partial charge in [-0.2, -0.15) is 4.31 Å². The van der Waals surface area contributed by atoms with Crippen molar-refractivity contribution in [3.8, 4) is 0 Å². The highest BCUT2D eigenvalue weighted by atomic mass is 32.2. The first-order valence-corrected chi connectivity index (χ1v) is 12.9. The molecule has 33 heavy (non-hydrogen) atoms. The first kappa shape index (κ1) is 22.1. The van der Waals surface area contributed by atoms with Crippen molar-refractivity contribution >= 4 is 27.0 Å². The average Bonchev–Trinajstić information content (AvgIpc) is 3.41. The van der Waals surface area contributed by atoms with Crippen LogP contribution in [-0.2, 0) is 14.8 Å². The van der Waals surface area contributed by atoms with Crippen LogP contribution >= 0.6 is 0 Å². The number of likely N-dealkylation sites (tertiary alicyclic amines) is 1. The molecule has 2 fully saturated rings. The second-order valence-electron chi connectivity index (χ2n) is 9.09. The SMILES string of the molecule is Cc1noc(C)c1S(=O)(=O)N1CCCC(C(=O)N2CCC(c3nc4ccccc4[nH]3)CC2)C1. The maximum absolute atomic E-state index is 13.3. The fourth-order valence-corrected chi connectivity index (χ4v) is 6.95. The number of hydrogen-bond donors (Lipinski definition) is 1. The van der Waals surface area contributed by atoms with E-state index in [1.165, 1.54) is 4.31 Å². The molecule has 2 aromatic heterocycles. The van der Waals surface area contributed by atoms with Crippen LogP contribution in [0.25, 0.3) is 11.0 Å². The van der Waals surface area contributed by atoms with E-state index in [-0.39, 0.29) is 29.0 Å². The Hall–Kier alpha value is -2.72. The predicted molar refractivity (Wildman–Crippen MR) is 122 cm³/mol. The molecular weight excluding hydrogens is 442 g/mol. The first-order chi connectivity index (χ1) is 15.8. The van der Waals surface area contributed by atoms with Crippen LogP contribution in [0.2, 0.25) is 0 Å². The van der Waals surface area contributed by atoms with E-state index in [9.17, 15) is 13.2 Å². The van der Waals surface area contributed by atoms with Crippen molar-refractivity contribution in [2.24, 2.45) is 5.92 Å². The molecule has 4 heterocycles. The molecule has 5 rings (SSSR count). The summed E-state index contributed by atoms with van der Waals surface area (Å²) in [5, 5.41) is 3.79. The van der Waals surface area contributed by atoms with Crippen molar-refractivity contribution in [3.63, 3.8) is 0 Å². The van der Waals surface area contributed by atoms with Gasteiger partial charge in [0.2, 0.25) is 15.9 Å². The number of aromatic amines is 1. The van der Waals surface area contributed by atoms with Gasteiger partial charge in [-0.1, -0.05) is 17.3 Å². The molecule has 1 aromatic carbocycles. The zero-order valence-corrected chi connectivity index (χ0v) is 19.8. The fraction of sp³-hybridized carbons (Fsp3) is 0.522. The van der Waals surface area contributed by atoms with Gasteiger partial charge < -0.3 is 14.4 Å². The zero-order chi connectivity index (χ0) is 23.2. The molecule has 0 radical (unpaired) electrons. The molecule has 2 aliphatic heterocycles. The van der Waals surface area contributed by atoms with Crippen molar-refractivity contribution in [2.75, 3.05) is 26.2 Å². The lowest BCUT2D eigenvalue weighted by atomic mass is 9.93. The van der Waals surface area contributed by atoms with Crippen LogP contribution in [0, 0.1) is 19.8 Å². The van der Waals surface area contributed by atoms with E-state index >= 15 is 0 Å². The zero-order valence-electron chi connectivity index (χ0n) is 19.0. The summed E-state index contributed by atoms with van der Waals surface area (Å²) in [5.41, 5.74) is 2.36. The van der Waals surface area contributed by atoms with E-state index < -0.39 is 10.0 Å². The number of sulfonamides is 1. The molecular formula is C23H29N5O4S. The summed E-state index contributed by atoms with van der Waals surface area (Å²) < 4.78 is 32.9. The Bertz CT molecular complexity index is 1220. The molecule has 1 N–H and O–H groups in total. The van der Waals surface area contributed by atoms with Gasteiger partial charge in [0.05, 0.1) is 17.0 Å². The lowest BCUT2D eigenvalue weighted by Crippen LogP contribution is -2.48. The lowest BCUT2D eigenvalue weighted by molar-refractivity contribution is -0.137.